The highest BCUT2D eigenvalue weighted by atomic mass is 15.2. The molecular weight excluding hydrogens is 262 g/mol. The van der Waals surface area contributed by atoms with E-state index in [4.69, 9.17) is 0 Å². The monoisotopic (exact) mass is 299 g/mol. The summed E-state index contributed by atoms with van der Waals surface area (Å²) in [5.41, 5.74) is 0.160. The molecule has 0 aromatic heterocycles. The van der Waals surface area contributed by atoms with Crippen molar-refractivity contribution in [3.8, 4) is 0 Å². The van der Waals surface area contributed by atoms with Gasteiger partial charge in [-0.3, -0.25) is 9.89 Å². The van der Waals surface area contributed by atoms with Gasteiger partial charge in [0.25, 0.3) is 0 Å². The number of aliphatic imine (C=N–C) groups is 1. The Morgan fingerprint density at radius 3 is 1.90 bits per heavy atom. The molecule has 0 bridgehead atoms. The third-order valence-corrected chi connectivity index (χ3v) is 3.29. The number of nitrogens with one attached hydrogen (secondary N) is 3. The second kappa shape index (κ2) is 10.0. The Morgan fingerprint density at radius 1 is 0.952 bits per heavy atom. The van der Waals surface area contributed by atoms with Crippen LogP contribution in [0.5, 0.6) is 0 Å². The molecule has 0 saturated carbocycles. The van der Waals surface area contributed by atoms with Gasteiger partial charge in [0.2, 0.25) is 0 Å². The van der Waals surface area contributed by atoms with Crippen LogP contribution in [0, 0.1) is 0 Å². The van der Waals surface area contributed by atoms with E-state index in [1.54, 1.807) is 0 Å². The van der Waals surface area contributed by atoms with Crippen LogP contribution < -0.4 is 16.0 Å². The second-order valence-corrected chi connectivity index (χ2v) is 7.03. The molecule has 0 heterocycles. The fourth-order valence-corrected chi connectivity index (χ4v) is 2.26. The molecule has 5 heteroatoms. The lowest BCUT2D eigenvalue weighted by Gasteiger charge is -2.30. The minimum absolute atomic E-state index is 0.160. The molecule has 0 aliphatic carbocycles. The number of hydrogen-bond donors (Lipinski definition) is 3. The lowest BCUT2D eigenvalue weighted by Crippen LogP contribution is -2.47. The molecule has 0 rings (SSSR count). The molecule has 3 N–H and O–H groups in total. The summed E-state index contributed by atoms with van der Waals surface area (Å²) < 4.78 is 0. The summed E-state index contributed by atoms with van der Waals surface area (Å²) >= 11 is 0. The van der Waals surface area contributed by atoms with E-state index in [0.29, 0.717) is 12.1 Å². The van der Waals surface area contributed by atoms with E-state index in [0.717, 1.165) is 32.1 Å². The van der Waals surface area contributed by atoms with Gasteiger partial charge < -0.3 is 16.0 Å². The molecule has 21 heavy (non-hydrogen) atoms. The van der Waals surface area contributed by atoms with E-state index in [-0.39, 0.29) is 5.54 Å². The zero-order chi connectivity index (χ0) is 16.5. The van der Waals surface area contributed by atoms with E-state index < -0.39 is 0 Å². The Bertz CT molecular complexity index is 284. The normalized spacial score (nSPS) is 13.4. The van der Waals surface area contributed by atoms with Gasteiger partial charge in [-0.2, -0.15) is 0 Å². The molecule has 0 aliphatic rings. The summed E-state index contributed by atoms with van der Waals surface area (Å²) in [6.07, 6.45) is 0. The van der Waals surface area contributed by atoms with E-state index in [9.17, 15) is 0 Å². The summed E-state index contributed by atoms with van der Waals surface area (Å²) in [7, 11) is 1.81. The highest BCUT2D eigenvalue weighted by Gasteiger charge is 2.12. The Hall–Kier alpha value is -0.810. The lowest BCUT2D eigenvalue weighted by molar-refractivity contribution is 0.178. The Kier molecular flexibility index (Phi) is 9.62. The topological polar surface area (TPSA) is 51.7 Å². The minimum atomic E-state index is 0.160. The van der Waals surface area contributed by atoms with Gasteiger partial charge in [-0.05, 0) is 48.5 Å². The Morgan fingerprint density at radius 2 is 1.48 bits per heavy atom. The third kappa shape index (κ3) is 10.5. The van der Waals surface area contributed by atoms with Crippen molar-refractivity contribution in [1.82, 2.24) is 20.9 Å². The van der Waals surface area contributed by atoms with Gasteiger partial charge >= 0.3 is 0 Å². The summed E-state index contributed by atoms with van der Waals surface area (Å²) in [6.45, 7) is 19.2. The maximum atomic E-state index is 4.26. The Labute approximate surface area is 132 Å². The average Bonchev–Trinajstić information content (AvgIpc) is 2.34. The van der Waals surface area contributed by atoms with Gasteiger partial charge in [-0.25, -0.2) is 0 Å². The minimum Gasteiger partial charge on any atom is -0.355 e. The molecule has 5 nitrogen and oxygen atoms in total. The molecule has 0 spiro atoms. The van der Waals surface area contributed by atoms with Crippen LogP contribution in [0.4, 0.5) is 0 Å². The van der Waals surface area contributed by atoms with Crippen molar-refractivity contribution < 1.29 is 0 Å². The largest absolute Gasteiger partial charge is 0.355 e. The Balaban J connectivity index is 3.96. The van der Waals surface area contributed by atoms with E-state index in [1.807, 2.05) is 7.05 Å². The average molecular weight is 300 g/mol. The molecule has 0 aromatic rings. The van der Waals surface area contributed by atoms with Crippen molar-refractivity contribution in [2.75, 3.05) is 33.2 Å². The fraction of sp³-hybridized carbons (Fsp3) is 0.938. The summed E-state index contributed by atoms with van der Waals surface area (Å²) in [5.74, 6) is 0.873. The number of guanidine groups is 1. The SMILES string of the molecule is CN=C(NCCNC(C)(C)C)NCCN(C(C)C)C(C)C. The van der Waals surface area contributed by atoms with Gasteiger partial charge in [-0.1, -0.05) is 0 Å². The van der Waals surface area contributed by atoms with Crippen molar-refractivity contribution in [3.63, 3.8) is 0 Å². The maximum Gasteiger partial charge on any atom is 0.191 e. The molecule has 0 atom stereocenters. The first-order valence-corrected chi connectivity index (χ1v) is 8.12. The van der Waals surface area contributed by atoms with Gasteiger partial charge in [0.1, 0.15) is 0 Å². The predicted molar refractivity (Wildman–Crippen MR) is 94.1 cm³/mol. The quantitative estimate of drug-likeness (QED) is 0.362. The first-order chi connectivity index (χ1) is 9.67. The lowest BCUT2D eigenvalue weighted by atomic mass is 10.1. The summed E-state index contributed by atoms with van der Waals surface area (Å²) in [4.78, 5) is 6.73. The van der Waals surface area contributed by atoms with Crippen molar-refractivity contribution in [2.45, 2.75) is 66.1 Å². The predicted octanol–water partition coefficient (Wildman–Crippen LogP) is 1.66. The second-order valence-electron chi connectivity index (χ2n) is 7.03. The summed E-state index contributed by atoms with van der Waals surface area (Å²) in [6, 6.07) is 1.13. The van der Waals surface area contributed by atoms with Crippen LogP contribution in [0.15, 0.2) is 4.99 Å². The van der Waals surface area contributed by atoms with Crippen LogP contribution in [0.25, 0.3) is 0 Å². The molecule has 0 radical (unpaired) electrons. The first-order valence-electron chi connectivity index (χ1n) is 8.12. The van der Waals surface area contributed by atoms with E-state index in [1.165, 1.54) is 0 Å². The van der Waals surface area contributed by atoms with Gasteiger partial charge in [-0.15, -0.1) is 0 Å². The maximum absolute atomic E-state index is 4.26. The molecule has 126 valence electrons. The highest BCUT2D eigenvalue weighted by Crippen LogP contribution is 2.03. The zero-order valence-electron chi connectivity index (χ0n) is 15.4. The number of hydrogen-bond acceptors (Lipinski definition) is 3. The van der Waals surface area contributed by atoms with E-state index in [2.05, 4.69) is 74.3 Å². The molecule has 0 aromatic carbocycles. The zero-order valence-corrected chi connectivity index (χ0v) is 15.4. The molecule has 0 unspecified atom stereocenters. The van der Waals surface area contributed by atoms with Crippen LogP contribution in [-0.2, 0) is 0 Å². The number of rotatable bonds is 8. The molecule has 0 amide bonds. The van der Waals surface area contributed by atoms with Crippen molar-refractivity contribution >= 4 is 5.96 Å². The van der Waals surface area contributed by atoms with Crippen LogP contribution in [0.1, 0.15) is 48.5 Å². The summed E-state index contributed by atoms with van der Waals surface area (Å²) in [5, 5.41) is 10.2. The van der Waals surface area contributed by atoms with E-state index >= 15 is 0 Å². The first kappa shape index (κ1) is 20.2. The standard InChI is InChI=1S/C16H37N5/c1-13(2)21(14(3)4)12-11-19-15(17-8)18-9-10-20-16(5,6)7/h13-14,20H,9-12H2,1-8H3,(H2,17,18,19). The smallest absolute Gasteiger partial charge is 0.191 e. The molecule has 0 saturated heterocycles. The van der Waals surface area contributed by atoms with Crippen LogP contribution in [-0.4, -0.2) is 61.7 Å². The third-order valence-electron chi connectivity index (χ3n) is 3.29. The van der Waals surface area contributed by atoms with Gasteiger partial charge in [0, 0.05) is 50.8 Å². The molecule has 0 fully saturated rings. The van der Waals surface area contributed by atoms with Crippen LogP contribution >= 0.6 is 0 Å². The molecular formula is C16H37N5. The van der Waals surface area contributed by atoms with Crippen LogP contribution in [0.3, 0.4) is 0 Å². The van der Waals surface area contributed by atoms with Crippen molar-refractivity contribution in [3.05, 3.63) is 0 Å². The van der Waals surface area contributed by atoms with Crippen molar-refractivity contribution in [2.24, 2.45) is 4.99 Å². The van der Waals surface area contributed by atoms with Gasteiger partial charge in [0.05, 0.1) is 0 Å². The number of nitrogens with zero attached hydrogens (tertiary/aromatic N) is 2. The highest BCUT2D eigenvalue weighted by molar-refractivity contribution is 5.79. The van der Waals surface area contributed by atoms with Crippen molar-refractivity contribution in [1.29, 1.82) is 0 Å². The van der Waals surface area contributed by atoms with Crippen LogP contribution in [0.2, 0.25) is 0 Å². The van der Waals surface area contributed by atoms with Gasteiger partial charge in [0.15, 0.2) is 5.96 Å². The fourth-order valence-electron chi connectivity index (χ4n) is 2.26. The molecule has 0 aliphatic heterocycles.